The molecular formula is C18H18ClN3OS. The van der Waals surface area contributed by atoms with Gasteiger partial charge in [0.1, 0.15) is 12.4 Å². The van der Waals surface area contributed by atoms with E-state index in [1.54, 1.807) is 11.8 Å². The number of para-hydroxylation sites is 1. The van der Waals surface area contributed by atoms with Crippen LogP contribution in [-0.2, 0) is 19.4 Å². The standard InChI is InChI=1S/C18H18ClN3OS/c1-13-5-3-4-6-16(13)23-11-17-20-21-18(22(17)2)24-12-14-7-9-15(19)10-8-14/h3-10H,11-12H2,1-2H3. The van der Waals surface area contributed by atoms with Crippen LogP contribution in [0.5, 0.6) is 5.75 Å². The van der Waals surface area contributed by atoms with Gasteiger partial charge in [0, 0.05) is 17.8 Å². The maximum atomic E-state index is 5.91. The van der Waals surface area contributed by atoms with E-state index in [0.29, 0.717) is 6.61 Å². The average Bonchev–Trinajstić information content (AvgIpc) is 2.94. The van der Waals surface area contributed by atoms with Crippen LogP contribution in [0.3, 0.4) is 0 Å². The molecule has 0 fully saturated rings. The van der Waals surface area contributed by atoms with Gasteiger partial charge in [-0.25, -0.2) is 0 Å². The Morgan fingerprint density at radius 1 is 1.08 bits per heavy atom. The Labute approximate surface area is 150 Å². The number of benzene rings is 2. The van der Waals surface area contributed by atoms with Crippen molar-refractivity contribution >= 4 is 23.4 Å². The lowest BCUT2D eigenvalue weighted by Gasteiger charge is -2.08. The summed E-state index contributed by atoms with van der Waals surface area (Å²) < 4.78 is 7.82. The molecule has 0 saturated heterocycles. The number of thioether (sulfide) groups is 1. The van der Waals surface area contributed by atoms with Gasteiger partial charge >= 0.3 is 0 Å². The molecule has 0 aliphatic carbocycles. The summed E-state index contributed by atoms with van der Waals surface area (Å²) in [5, 5.41) is 10.1. The zero-order valence-corrected chi connectivity index (χ0v) is 15.1. The van der Waals surface area contributed by atoms with Gasteiger partial charge in [0.25, 0.3) is 0 Å². The van der Waals surface area contributed by atoms with Gasteiger partial charge in [-0.1, -0.05) is 53.7 Å². The fraction of sp³-hybridized carbons (Fsp3) is 0.222. The summed E-state index contributed by atoms with van der Waals surface area (Å²) in [5.74, 6) is 2.50. The van der Waals surface area contributed by atoms with E-state index in [1.165, 1.54) is 5.56 Å². The highest BCUT2D eigenvalue weighted by Gasteiger charge is 2.10. The first-order valence-corrected chi connectivity index (χ1v) is 8.94. The van der Waals surface area contributed by atoms with Crippen LogP contribution in [0.15, 0.2) is 53.7 Å². The first kappa shape index (κ1) is 16.9. The fourth-order valence-electron chi connectivity index (χ4n) is 2.19. The number of nitrogens with zero attached hydrogens (tertiary/aromatic N) is 3. The minimum atomic E-state index is 0.399. The number of rotatable bonds is 6. The predicted molar refractivity (Wildman–Crippen MR) is 97.5 cm³/mol. The molecule has 24 heavy (non-hydrogen) atoms. The zero-order valence-electron chi connectivity index (χ0n) is 13.6. The Bertz CT molecular complexity index is 817. The Hall–Kier alpha value is -1.98. The molecule has 2 aromatic carbocycles. The van der Waals surface area contributed by atoms with Crippen LogP contribution in [0.4, 0.5) is 0 Å². The number of aromatic nitrogens is 3. The molecule has 1 heterocycles. The fourth-order valence-corrected chi connectivity index (χ4v) is 3.20. The summed E-state index contributed by atoms with van der Waals surface area (Å²) in [6.07, 6.45) is 0. The van der Waals surface area contributed by atoms with E-state index in [9.17, 15) is 0 Å². The lowest BCUT2D eigenvalue weighted by atomic mass is 10.2. The Balaban J connectivity index is 1.61. The molecule has 0 bridgehead atoms. The highest BCUT2D eigenvalue weighted by atomic mass is 35.5. The molecule has 0 aliphatic rings. The van der Waals surface area contributed by atoms with Gasteiger partial charge in [-0.2, -0.15) is 0 Å². The average molecular weight is 360 g/mol. The van der Waals surface area contributed by atoms with E-state index in [2.05, 4.69) is 10.2 Å². The summed E-state index contributed by atoms with van der Waals surface area (Å²) in [5.41, 5.74) is 2.31. The Kier molecular flexibility index (Phi) is 5.43. The molecular weight excluding hydrogens is 342 g/mol. The molecule has 1 aromatic heterocycles. The monoisotopic (exact) mass is 359 g/mol. The van der Waals surface area contributed by atoms with Crippen LogP contribution in [0.1, 0.15) is 17.0 Å². The lowest BCUT2D eigenvalue weighted by Crippen LogP contribution is -2.04. The van der Waals surface area contributed by atoms with Crippen molar-refractivity contribution in [3.63, 3.8) is 0 Å². The molecule has 6 heteroatoms. The van der Waals surface area contributed by atoms with Crippen molar-refractivity contribution in [2.24, 2.45) is 7.05 Å². The highest BCUT2D eigenvalue weighted by Crippen LogP contribution is 2.23. The Morgan fingerprint density at radius 2 is 1.83 bits per heavy atom. The van der Waals surface area contributed by atoms with Gasteiger partial charge < -0.3 is 9.30 Å². The van der Waals surface area contributed by atoms with Crippen LogP contribution in [-0.4, -0.2) is 14.8 Å². The number of aryl methyl sites for hydroxylation is 1. The van der Waals surface area contributed by atoms with Gasteiger partial charge in [0.15, 0.2) is 11.0 Å². The maximum absolute atomic E-state index is 5.91. The van der Waals surface area contributed by atoms with E-state index < -0.39 is 0 Å². The molecule has 4 nitrogen and oxygen atoms in total. The quantitative estimate of drug-likeness (QED) is 0.601. The molecule has 0 N–H and O–H groups in total. The molecule has 0 amide bonds. The molecule has 0 aliphatic heterocycles. The highest BCUT2D eigenvalue weighted by molar-refractivity contribution is 7.98. The van der Waals surface area contributed by atoms with E-state index in [0.717, 1.165) is 33.1 Å². The third kappa shape index (κ3) is 4.10. The molecule has 0 saturated carbocycles. The zero-order chi connectivity index (χ0) is 16.9. The van der Waals surface area contributed by atoms with Crippen LogP contribution in [0, 0.1) is 6.92 Å². The second kappa shape index (κ2) is 7.73. The minimum Gasteiger partial charge on any atom is -0.485 e. The normalized spacial score (nSPS) is 10.8. The van der Waals surface area contributed by atoms with Gasteiger partial charge in [-0.3, -0.25) is 0 Å². The maximum Gasteiger partial charge on any atom is 0.191 e. The molecule has 124 valence electrons. The van der Waals surface area contributed by atoms with Gasteiger partial charge in [-0.05, 0) is 36.2 Å². The van der Waals surface area contributed by atoms with Crippen molar-refractivity contribution in [3.8, 4) is 5.75 Å². The molecule has 3 aromatic rings. The first-order valence-electron chi connectivity index (χ1n) is 7.57. The summed E-state index contributed by atoms with van der Waals surface area (Å²) in [6.45, 7) is 2.43. The van der Waals surface area contributed by atoms with Crippen molar-refractivity contribution in [1.29, 1.82) is 0 Å². The number of hydrogen-bond acceptors (Lipinski definition) is 4. The predicted octanol–water partition coefficient (Wildman–Crippen LogP) is 4.65. The first-order chi connectivity index (χ1) is 11.6. The van der Waals surface area contributed by atoms with E-state index in [1.807, 2.05) is 67.1 Å². The van der Waals surface area contributed by atoms with Crippen molar-refractivity contribution in [1.82, 2.24) is 14.8 Å². The third-order valence-electron chi connectivity index (χ3n) is 3.66. The van der Waals surface area contributed by atoms with Crippen LogP contribution >= 0.6 is 23.4 Å². The summed E-state index contributed by atoms with van der Waals surface area (Å²) in [6, 6.07) is 15.8. The number of halogens is 1. The van der Waals surface area contributed by atoms with Crippen LogP contribution < -0.4 is 4.74 Å². The van der Waals surface area contributed by atoms with Gasteiger partial charge in [0.05, 0.1) is 0 Å². The second-order valence-electron chi connectivity index (χ2n) is 5.43. The van der Waals surface area contributed by atoms with Crippen molar-refractivity contribution in [2.75, 3.05) is 0 Å². The molecule has 3 rings (SSSR count). The SMILES string of the molecule is Cc1ccccc1OCc1nnc(SCc2ccc(Cl)cc2)n1C. The van der Waals surface area contributed by atoms with Gasteiger partial charge in [-0.15, -0.1) is 10.2 Å². The van der Waals surface area contributed by atoms with Crippen LogP contribution in [0.2, 0.25) is 5.02 Å². The largest absolute Gasteiger partial charge is 0.485 e. The van der Waals surface area contributed by atoms with Crippen molar-refractivity contribution < 1.29 is 4.74 Å². The Morgan fingerprint density at radius 3 is 2.58 bits per heavy atom. The molecule has 0 unspecified atom stereocenters. The number of hydrogen-bond donors (Lipinski definition) is 0. The van der Waals surface area contributed by atoms with Crippen molar-refractivity contribution in [3.05, 3.63) is 70.5 Å². The van der Waals surface area contributed by atoms with E-state index in [-0.39, 0.29) is 0 Å². The van der Waals surface area contributed by atoms with Gasteiger partial charge in [0.2, 0.25) is 0 Å². The molecule has 0 atom stereocenters. The molecule has 0 radical (unpaired) electrons. The van der Waals surface area contributed by atoms with E-state index >= 15 is 0 Å². The molecule has 0 spiro atoms. The van der Waals surface area contributed by atoms with E-state index in [4.69, 9.17) is 16.3 Å². The summed E-state index contributed by atoms with van der Waals surface area (Å²) in [7, 11) is 1.96. The summed E-state index contributed by atoms with van der Waals surface area (Å²) >= 11 is 7.55. The second-order valence-corrected chi connectivity index (χ2v) is 6.81. The third-order valence-corrected chi connectivity index (χ3v) is 5.00. The topological polar surface area (TPSA) is 39.9 Å². The van der Waals surface area contributed by atoms with Crippen molar-refractivity contribution in [2.45, 2.75) is 24.4 Å². The van der Waals surface area contributed by atoms with Crippen LogP contribution in [0.25, 0.3) is 0 Å². The summed E-state index contributed by atoms with van der Waals surface area (Å²) in [4.78, 5) is 0. The minimum absolute atomic E-state index is 0.399. The number of ether oxygens (including phenoxy) is 1. The lowest BCUT2D eigenvalue weighted by molar-refractivity contribution is 0.288. The smallest absolute Gasteiger partial charge is 0.191 e.